The molecule has 0 saturated carbocycles. The van der Waals surface area contributed by atoms with Gasteiger partial charge in [0.1, 0.15) is 0 Å². The van der Waals surface area contributed by atoms with E-state index < -0.39 is 10.0 Å². The number of amides is 1. The van der Waals surface area contributed by atoms with E-state index in [9.17, 15) is 13.2 Å². The van der Waals surface area contributed by atoms with Gasteiger partial charge in [-0.05, 0) is 53.9 Å². The van der Waals surface area contributed by atoms with E-state index in [2.05, 4.69) is 23.5 Å². The smallest absolute Gasteiger partial charge is 0.243 e. The third-order valence-corrected chi connectivity index (χ3v) is 8.29. The Morgan fingerprint density at radius 1 is 1.07 bits per heavy atom. The molecule has 2 aromatic rings. The molecule has 1 fully saturated rings. The first-order chi connectivity index (χ1) is 13.5. The van der Waals surface area contributed by atoms with Gasteiger partial charge in [0.15, 0.2) is 0 Å². The Balaban J connectivity index is 1.56. The normalized spacial score (nSPS) is 21.4. The fourth-order valence-corrected chi connectivity index (χ4v) is 6.37. The Morgan fingerprint density at radius 3 is 2.39 bits per heavy atom. The minimum Gasteiger partial charge on any atom is -0.359 e. The molecule has 1 aliphatic carbocycles. The second-order valence-corrected chi connectivity index (χ2v) is 9.80. The van der Waals surface area contributed by atoms with Gasteiger partial charge in [-0.2, -0.15) is 4.31 Å². The zero-order valence-electron chi connectivity index (χ0n) is 16.1. The van der Waals surface area contributed by atoms with Crippen LogP contribution in [-0.2, 0) is 20.2 Å². The van der Waals surface area contributed by atoms with E-state index in [1.807, 2.05) is 12.1 Å². The van der Waals surface area contributed by atoms with E-state index in [0.29, 0.717) is 24.4 Å². The summed E-state index contributed by atoms with van der Waals surface area (Å²) >= 11 is 0. The van der Waals surface area contributed by atoms with E-state index in [1.165, 1.54) is 11.1 Å². The lowest BCUT2D eigenvalue weighted by atomic mass is 9.73. The number of nitrogens with one attached hydrogen (secondary N) is 1. The molecule has 1 aliphatic heterocycles. The summed E-state index contributed by atoms with van der Waals surface area (Å²) in [5.41, 5.74) is 2.53. The Kier molecular flexibility index (Phi) is 5.02. The minimum absolute atomic E-state index is 0.0298. The van der Waals surface area contributed by atoms with Crippen LogP contribution in [0.5, 0.6) is 0 Å². The molecule has 1 unspecified atom stereocenters. The van der Waals surface area contributed by atoms with Crippen LogP contribution in [0.25, 0.3) is 0 Å². The predicted molar refractivity (Wildman–Crippen MR) is 109 cm³/mol. The van der Waals surface area contributed by atoms with Crippen LogP contribution >= 0.6 is 0 Å². The highest BCUT2D eigenvalue weighted by Gasteiger charge is 2.47. The number of rotatable bonds is 4. The molecule has 0 radical (unpaired) electrons. The molecule has 148 valence electrons. The van der Waals surface area contributed by atoms with E-state index in [1.54, 1.807) is 35.6 Å². The van der Waals surface area contributed by atoms with Gasteiger partial charge < -0.3 is 5.32 Å². The van der Waals surface area contributed by atoms with Gasteiger partial charge in [-0.3, -0.25) is 4.79 Å². The van der Waals surface area contributed by atoms with Crippen LogP contribution in [0.4, 0.5) is 0 Å². The molecular formula is C22H26N2O3S. The molecule has 1 amide bonds. The first-order valence-corrected chi connectivity index (χ1v) is 11.3. The van der Waals surface area contributed by atoms with E-state index >= 15 is 0 Å². The molecule has 28 heavy (non-hydrogen) atoms. The number of carbonyl (C=O) groups is 1. The van der Waals surface area contributed by atoms with Crippen molar-refractivity contribution in [2.45, 2.75) is 41.9 Å². The van der Waals surface area contributed by atoms with Gasteiger partial charge in [0, 0.05) is 26.6 Å². The summed E-state index contributed by atoms with van der Waals surface area (Å²) in [6, 6.07) is 17.0. The highest BCUT2D eigenvalue weighted by atomic mass is 32.2. The van der Waals surface area contributed by atoms with Crippen molar-refractivity contribution in [2.75, 3.05) is 20.1 Å². The molecule has 5 nitrogen and oxygen atoms in total. The molecule has 1 spiro atoms. The third-order valence-electron chi connectivity index (χ3n) is 6.38. The van der Waals surface area contributed by atoms with Crippen LogP contribution in [0.2, 0.25) is 0 Å². The first-order valence-electron chi connectivity index (χ1n) is 9.81. The summed E-state index contributed by atoms with van der Waals surface area (Å²) in [5.74, 6) is 0.259. The maximum absolute atomic E-state index is 13.0. The number of fused-ring (bicyclic) bond motifs is 2. The van der Waals surface area contributed by atoms with Gasteiger partial charge in [-0.25, -0.2) is 8.42 Å². The van der Waals surface area contributed by atoms with Gasteiger partial charge in [0.2, 0.25) is 15.9 Å². The summed E-state index contributed by atoms with van der Waals surface area (Å²) in [6.07, 6.45) is 2.99. The summed E-state index contributed by atoms with van der Waals surface area (Å²) in [6.45, 7) is 1.02. The van der Waals surface area contributed by atoms with Crippen molar-refractivity contribution in [2.24, 2.45) is 0 Å². The Bertz CT molecular complexity index is 964. The van der Waals surface area contributed by atoms with Crippen molar-refractivity contribution in [1.82, 2.24) is 9.62 Å². The molecule has 1 N–H and O–H groups in total. The van der Waals surface area contributed by atoms with E-state index in [0.717, 1.165) is 19.3 Å². The Morgan fingerprint density at radius 2 is 1.71 bits per heavy atom. The molecule has 0 aromatic heterocycles. The molecule has 1 saturated heterocycles. The third kappa shape index (κ3) is 3.25. The van der Waals surface area contributed by atoms with E-state index in [4.69, 9.17) is 0 Å². The second-order valence-electron chi connectivity index (χ2n) is 7.86. The van der Waals surface area contributed by atoms with Crippen LogP contribution in [0.3, 0.4) is 0 Å². The van der Waals surface area contributed by atoms with Gasteiger partial charge in [-0.1, -0.05) is 42.5 Å². The SMILES string of the molecule is CNC(=O)CC1CC2(CCN(S(=O)(=O)c3ccccc3)CC2)c2ccccc21. The maximum atomic E-state index is 13.0. The molecule has 1 atom stereocenters. The number of carbonyl (C=O) groups excluding carboxylic acids is 1. The zero-order chi connectivity index (χ0) is 19.8. The zero-order valence-corrected chi connectivity index (χ0v) is 16.9. The topological polar surface area (TPSA) is 66.5 Å². The van der Waals surface area contributed by atoms with Gasteiger partial charge >= 0.3 is 0 Å². The van der Waals surface area contributed by atoms with Gasteiger partial charge in [0.05, 0.1) is 4.90 Å². The number of nitrogens with zero attached hydrogens (tertiary/aromatic N) is 1. The van der Waals surface area contributed by atoms with Crippen molar-refractivity contribution < 1.29 is 13.2 Å². The molecule has 4 rings (SSSR count). The van der Waals surface area contributed by atoms with Gasteiger partial charge in [-0.15, -0.1) is 0 Å². The van der Waals surface area contributed by atoms with Crippen molar-refractivity contribution in [1.29, 1.82) is 0 Å². The van der Waals surface area contributed by atoms with Gasteiger partial charge in [0.25, 0.3) is 0 Å². The van der Waals surface area contributed by atoms with Crippen molar-refractivity contribution >= 4 is 15.9 Å². The highest BCUT2D eigenvalue weighted by molar-refractivity contribution is 7.89. The van der Waals surface area contributed by atoms with Crippen LogP contribution in [0, 0.1) is 0 Å². The number of hydrogen-bond donors (Lipinski definition) is 1. The lowest BCUT2D eigenvalue weighted by Gasteiger charge is -2.39. The lowest BCUT2D eigenvalue weighted by molar-refractivity contribution is -0.121. The number of benzene rings is 2. The van der Waals surface area contributed by atoms with Crippen LogP contribution in [0.15, 0.2) is 59.5 Å². The number of sulfonamides is 1. The van der Waals surface area contributed by atoms with Crippen molar-refractivity contribution in [3.05, 3.63) is 65.7 Å². The Hall–Kier alpha value is -2.18. The standard InChI is InChI=1S/C22H26N2O3S/c1-23-21(25)15-17-16-22(20-10-6-5-9-19(17)20)11-13-24(14-12-22)28(26,27)18-7-3-2-4-8-18/h2-10,17H,11-16H2,1H3,(H,23,25). The molecule has 2 aliphatic rings. The summed E-state index contributed by atoms with van der Waals surface area (Å²) in [7, 11) is -1.78. The molecule has 1 heterocycles. The summed E-state index contributed by atoms with van der Waals surface area (Å²) in [5, 5.41) is 2.73. The quantitative estimate of drug-likeness (QED) is 0.861. The monoisotopic (exact) mass is 398 g/mol. The summed E-state index contributed by atoms with van der Waals surface area (Å²) in [4.78, 5) is 12.3. The number of piperidine rings is 1. The predicted octanol–water partition coefficient (Wildman–Crippen LogP) is 3.03. The fourth-order valence-electron chi connectivity index (χ4n) is 4.91. The molecule has 6 heteroatoms. The lowest BCUT2D eigenvalue weighted by Crippen LogP contribution is -2.44. The first kappa shape index (κ1) is 19.2. The average molecular weight is 399 g/mol. The molecule has 2 aromatic carbocycles. The van der Waals surface area contributed by atoms with Crippen LogP contribution in [0.1, 0.15) is 42.7 Å². The Labute approximate surface area is 166 Å². The number of hydrogen-bond acceptors (Lipinski definition) is 3. The maximum Gasteiger partial charge on any atom is 0.243 e. The molecular weight excluding hydrogens is 372 g/mol. The van der Waals surface area contributed by atoms with Crippen molar-refractivity contribution in [3.8, 4) is 0 Å². The van der Waals surface area contributed by atoms with Crippen LogP contribution in [-0.4, -0.2) is 38.8 Å². The minimum atomic E-state index is -3.45. The summed E-state index contributed by atoms with van der Waals surface area (Å²) < 4.78 is 27.5. The second kappa shape index (κ2) is 7.33. The largest absolute Gasteiger partial charge is 0.359 e. The molecule has 0 bridgehead atoms. The fraction of sp³-hybridized carbons (Fsp3) is 0.409. The highest BCUT2D eigenvalue weighted by Crippen LogP contribution is 2.53. The van der Waals surface area contributed by atoms with Crippen LogP contribution < -0.4 is 5.32 Å². The van der Waals surface area contributed by atoms with E-state index in [-0.39, 0.29) is 17.2 Å². The average Bonchev–Trinajstić information content (AvgIpc) is 3.02. The van der Waals surface area contributed by atoms with Crippen molar-refractivity contribution in [3.63, 3.8) is 0 Å².